The van der Waals surface area contributed by atoms with E-state index in [1.165, 1.54) is 0 Å². The number of carbonyl (C=O) groups is 2. The van der Waals surface area contributed by atoms with Crippen molar-refractivity contribution in [3.63, 3.8) is 0 Å². The van der Waals surface area contributed by atoms with Crippen molar-refractivity contribution < 1.29 is 19.1 Å². The van der Waals surface area contributed by atoms with E-state index in [0.29, 0.717) is 0 Å². The summed E-state index contributed by atoms with van der Waals surface area (Å²) in [6, 6.07) is 0. The SMILES string of the molecule is C=CC(=O)OC(OC(=O)C=C)C(C)CCCC. The summed E-state index contributed by atoms with van der Waals surface area (Å²) in [6.07, 6.45) is 4.03. The van der Waals surface area contributed by atoms with Gasteiger partial charge in [0, 0.05) is 18.1 Å². The summed E-state index contributed by atoms with van der Waals surface area (Å²) < 4.78 is 9.97. The maximum absolute atomic E-state index is 11.1. The van der Waals surface area contributed by atoms with Crippen molar-refractivity contribution in [2.45, 2.75) is 39.4 Å². The third-order valence-corrected chi connectivity index (χ3v) is 2.28. The number of carbonyl (C=O) groups excluding carboxylic acids is 2. The van der Waals surface area contributed by atoms with Crippen LogP contribution in [0.3, 0.4) is 0 Å². The van der Waals surface area contributed by atoms with Crippen LogP contribution in [0.5, 0.6) is 0 Å². The number of hydrogen-bond donors (Lipinski definition) is 0. The zero-order valence-corrected chi connectivity index (χ0v) is 10.5. The van der Waals surface area contributed by atoms with Crippen LogP contribution in [0.4, 0.5) is 0 Å². The Balaban J connectivity index is 4.46. The van der Waals surface area contributed by atoms with Crippen molar-refractivity contribution in [2.24, 2.45) is 5.92 Å². The first kappa shape index (κ1) is 15.4. The maximum atomic E-state index is 11.1. The largest absolute Gasteiger partial charge is 0.422 e. The van der Waals surface area contributed by atoms with Gasteiger partial charge in [-0.3, -0.25) is 0 Å². The molecule has 0 fully saturated rings. The lowest BCUT2D eigenvalue weighted by Gasteiger charge is -2.22. The first-order valence-electron chi connectivity index (χ1n) is 5.71. The molecule has 0 aromatic rings. The summed E-state index contributed by atoms with van der Waals surface area (Å²) in [6.45, 7) is 10.5. The Hall–Kier alpha value is -1.58. The highest BCUT2D eigenvalue weighted by atomic mass is 16.7. The maximum Gasteiger partial charge on any atom is 0.333 e. The van der Waals surface area contributed by atoms with Crippen LogP contribution in [0, 0.1) is 5.92 Å². The van der Waals surface area contributed by atoms with Crippen LogP contribution in [0.15, 0.2) is 25.3 Å². The Morgan fingerprint density at radius 1 is 1.18 bits per heavy atom. The van der Waals surface area contributed by atoms with E-state index in [9.17, 15) is 9.59 Å². The molecule has 4 heteroatoms. The molecule has 0 saturated heterocycles. The fourth-order valence-corrected chi connectivity index (χ4v) is 1.24. The summed E-state index contributed by atoms with van der Waals surface area (Å²) >= 11 is 0. The standard InChI is InChI=1S/C13H20O4/c1-5-8-9-10(4)13(16-11(14)6-2)17-12(15)7-3/h6-7,10,13H,2-3,5,8-9H2,1,4H3. The van der Waals surface area contributed by atoms with Crippen LogP contribution in [-0.4, -0.2) is 18.2 Å². The van der Waals surface area contributed by atoms with Crippen molar-refractivity contribution in [1.29, 1.82) is 0 Å². The highest BCUT2D eigenvalue weighted by Gasteiger charge is 2.23. The zero-order valence-electron chi connectivity index (χ0n) is 10.5. The van der Waals surface area contributed by atoms with Crippen LogP contribution >= 0.6 is 0 Å². The minimum atomic E-state index is -0.877. The smallest absolute Gasteiger partial charge is 0.333 e. The molecule has 0 spiro atoms. The zero-order chi connectivity index (χ0) is 13.3. The number of ether oxygens (including phenoxy) is 2. The summed E-state index contributed by atoms with van der Waals surface area (Å²) in [5.74, 6) is -1.26. The lowest BCUT2D eigenvalue weighted by molar-refractivity contribution is -0.190. The van der Waals surface area contributed by atoms with E-state index in [1.54, 1.807) is 0 Å². The fraction of sp³-hybridized carbons (Fsp3) is 0.538. The Morgan fingerprint density at radius 3 is 2.00 bits per heavy atom. The second kappa shape index (κ2) is 8.56. The average molecular weight is 240 g/mol. The van der Waals surface area contributed by atoms with E-state index < -0.39 is 18.2 Å². The summed E-state index contributed by atoms with van der Waals surface area (Å²) in [4.78, 5) is 22.2. The first-order valence-corrected chi connectivity index (χ1v) is 5.71. The van der Waals surface area contributed by atoms with Crippen molar-refractivity contribution in [3.05, 3.63) is 25.3 Å². The molecule has 17 heavy (non-hydrogen) atoms. The van der Waals surface area contributed by atoms with Gasteiger partial charge in [-0.05, 0) is 6.42 Å². The molecule has 0 rings (SSSR count). The minimum Gasteiger partial charge on any atom is -0.422 e. The molecule has 4 nitrogen and oxygen atoms in total. The minimum absolute atomic E-state index is 0.0530. The molecular weight excluding hydrogens is 220 g/mol. The van der Waals surface area contributed by atoms with Gasteiger partial charge >= 0.3 is 11.9 Å². The lowest BCUT2D eigenvalue weighted by Crippen LogP contribution is -2.29. The average Bonchev–Trinajstić information content (AvgIpc) is 2.34. The monoisotopic (exact) mass is 240 g/mol. The van der Waals surface area contributed by atoms with Crippen LogP contribution < -0.4 is 0 Å². The van der Waals surface area contributed by atoms with Gasteiger partial charge in [0.05, 0.1) is 0 Å². The van der Waals surface area contributed by atoms with Gasteiger partial charge in [0.25, 0.3) is 6.29 Å². The Bertz CT molecular complexity index is 261. The summed E-state index contributed by atoms with van der Waals surface area (Å²) in [7, 11) is 0. The summed E-state index contributed by atoms with van der Waals surface area (Å²) in [5.41, 5.74) is 0. The Labute approximate surface area is 102 Å². The number of esters is 2. The highest BCUT2D eigenvalue weighted by molar-refractivity contribution is 5.83. The summed E-state index contributed by atoms with van der Waals surface area (Å²) in [5, 5.41) is 0. The van der Waals surface area contributed by atoms with Gasteiger partial charge in [0.15, 0.2) is 0 Å². The molecule has 1 atom stereocenters. The van der Waals surface area contributed by atoms with Crippen LogP contribution in [0.25, 0.3) is 0 Å². The van der Waals surface area contributed by atoms with E-state index in [2.05, 4.69) is 20.1 Å². The van der Waals surface area contributed by atoms with Crippen LogP contribution in [-0.2, 0) is 19.1 Å². The number of unbranched alkanes of at least 4 members (excludes halogenated alkanes) is 1. The second-order valence-electron chi connectivity index (χ2n) is 3.77. The normalized spacial score (nSPS) is 11.7. The van der Waals surface area contributed by atoms with Gasteiger partial charge < -0.3 is 9.47 Å². The second-order valence-corrected chi connectivity index (χ2v) is 3.77. The van der Waals surface area contributed by atoms with Gasteiger partial charge in [0.1, 0.15) is 0 Å². The Kier molecular flexibility index (Phi) is 7.76. The quantitative estimate of drug-likeness (QED) is 0.372. The van der Waals surface area contributed by atoms with Crippen molar-refractivity contribution >= 4 is 11.9 Å². The molecule has 0 aliphatic heterocycles. The Morgan fingerprint density at radius 2 is 1.65 bits per heavy atom. The van der Waals surface area contributed by atoms with Gasteiger partial charge in [-0.1, -0.05) is 39.8 Å². The topological polar surface area (TPSA) is 52.6 Å². The van der Waals surface area contributed by atoms with Crippen molar-refractivity contribution in [1.82, 2.24) is 0 Å². The van der Waals surface area contributed by atoms with Crippen LogP contribution in [0.1, 0.15) is 33.1 Å². The molecule has 0 radical (unpaired) electrons. The third kappa shape index (κ3) is 6.56. The predicted molar refractivity (Wildman–Crippen MR) is 65.1 cm³/mol. The number of rotatable bonds is 8. The molecule has 96 valence electrons. The molecule has 0 bridgehead atoms. The molecule has 0 heterocycles. The molecule has 0 aromatic heterocycles. The lowest BCUT2D eigenvalue weighted by atomic mass is 10.0. The van der Waals surface area contributed by atoms with E-state index in [0.717, 1.165) is 31.4 Å². The van der Waals surface area contributed by atoms with Gasteiger partial charge in [-0.25, -0.2) is 9.59 Å². The van der Waals surface area contributed by atoms with E-state index in [4.69, 9.17) is 9.47 Å². The van der Waals surface area contributed by atoms with Crippen LogP contribution in [0.2, 0.25) is 0 Å². The third-order valence-electron chi connectivity index (χ3n) is 2.28. The number of hydrogen-bond acceptors (Lipinski definition) is 4. The molecule has 0 aliphatic carbocycles. The van der Waals surface area contributed by atoms with E-state index in [-0.39, 0.29) is 5.92 Å². The fourth-order valence-electron chi connectivity index (χ4n) is 1.24. The van der Waals surface area contributed by atoms with E-state index >= 15 is 0 Å². The molecular formula is C13H20O4. The van der Waals surface area contributed by atoms with Gasteiger partial charge in [0.2, 0.25) is 0 Å². The molecule has 1 unspecified atom stereocenters. The molecule has 0 aliphatic rings. The van der Waals surface area contributed by atoms with Gasteiger partial charge in [-0.15, -0.1) is 0 Å². The molecule has 0 amide bonds. The molecule has 0 aromatic carbocycles. The van der Waals surface area contributed by atoms with Crippen molar-refractivity contribution in [3.8, 4) is 0 Å². The predicted octanol–water partition coefficient (Wildman–Crippen LogP) is 2.60. The highest BCUT2D eigenvalue weighted by Crippen LogP contribution is 2.17. The molecule has 0 saturated carbocycles. The van der Waals surface area contributed by atoms with Crippen molar-refractivity contribution in [2.75, 3.05) is 0 Å². The molecule has 0 N–H and O–H groups in total. The first-order chi connectivity index (χ1) is 8.04. The van der Waals surface area contributed by atoms with E-state index in [1.807, 2.05) is 6.92 Å². The van der Waals surface area contributed by atoms with Gasteiger partial charge in [-0.2, -0.15) is 0 Å².